The summed E-state index contributed by atoms with van der Waals surface area (Å²) in [5.74, 6) is 0. The Bertz CT molecular complexity index is 4340. The maximum Gasteiger partial charge on any atom is 0.0725 e. The molecule has 0 saturated carbocycles. The normalized spacial score (nSPS) is 13.3. The lowest BCUT2D eigenvalue weighted by Crippen LogP contribution is -2.25. The maximum atomic E-state index is 2.54. The summed E-state index contributed by atoms with van der Waals surface area (Å²) in [5.41, 5.74) is 17.9. The summed E-state index contributed by atoms with van der Waals surface area (Å²) in [4.78, 5) is 0. The van der Waals surface area contributed by atoms with Crippen LogP contribution in [0.4, 0.5) is 0 Å². The number of thiophene rings is 2. The second-order valence-electron chi connectivity index (χ2n) is 18.9. The van der Waals surface area contributed by atoms with E-state index in [0.717, 1.165) is 0 Å². The molecule has 0 bridgehead atoms. The van der Waals surface area contributed by atoms with Gasteiger partial charge in [-0.1, -0.05) is 200 Å². The molecule has 0 N–H and O–H groups in total. The van der Waals surface area contributed by atoms with E-state index in [4.69, 9.17) is 0 Å². The van der Waals surface area contributed by atoms with Gasteiger partial charge in [-0.25, -0.2) is 0 Å². The lowest BCUT2D eigenvalue weighted by molar-refractivity contribution is 0.794. The molecular formula is C67H38S2. The van der Waals surface area contributed by atoms with Crippen LogP contribution in [0.1, 0.15) is 22.3 Å². The second kappa shape index (κ2) is 14.0. The molecule has 0 atom stereocenters. The smallest absolute Gasteiger partial charge is 0.0725 e. The minimum Gasteiger partial charge on any atom is -0.135 e. The van der Waals surface area contributed by atoms with Crippen molar-refractivity contribution in [1.82, 2.24) is 0 Å². The third-order valence-corrected chi connectivity index (χ3v) is 18.0. The number of rotatable bonds is 3. The van der Waals surface area contributed by atoms with E-state index in [0.29, 0.717) is 0 Å². The molecule has 0 unspecified atom stereocenters. The first kappa shape index (κ1) is 37.9. The van der Waals surface area contributed by atoms with Crippen molar-refractivity contribution in [1.29, 1.82) is 0 Å². The number of fused-ring (bicyclic) bond motifs is 20. The van der Waals surface area contributed by atoms with Crippen LogP contribution in [-0.2, 0) is 5.41 Å². The van der Waals surface area contributed by atoms with Gasteiger partial charge >= 0.3 is 0 Å². The van der Waals surface area contributed by atoms with E-state index in [1.165, 1.54) is 151 Å². The van der Waals surface area contributed by atoms with E-state index in [9.17, 15) is 0 Å². The molecule has 0 radical (unpaired) electrons. The first-order valence-corrected chi connectivity index (χ1v) is 25.5. The molecule has 69 heavy (non-hydrogen) atoms. The molecule has 0 aliphatic heterocycles. The standard InChI is InChI=1S/C67H38S2/c1-2-17-40-39(16-1)36-37-57-65(40)66-51(28-13-31-56(66)67(57)54-29-7-3-18-43(54)44-19-4-8-30-55(44)67)62-47-24-11-22-41(45-26-14-34-60-63(45)49-20-5-9-32-58(49)68-60)52(47)38-53-42(23-12-25-48(53)62)46-27-15-35-61-64(46)50-21-6-10-33-59(50)69-61/h1-38H. The quantitative estimate of drug-likeness (QED) is 0.155. The molecule has 16 rings (SSSR count). The summed E-state index contributed by atoms with van der Waals surface area (Å²) in [6.07, 6.45) is 0. The number of benzene rings is 12. The van der Waals surface area contributed by atoms with Crippen molar-refractivity contribution in [3.63, 3.8) is 0 Å². The Kier molecular flexibility index (Phi) is 7.67. The topological polar surface area (TPSA) is 0 Å². The van der Waals surface area contributed by atoms with Crippen molar-refractivity contribution in [3.05, 3.63) is 253 Å². The van der Waals surface area contributed by atoms with E-state index >= 15 is 0 Å². The minimum absolute atomic E-state index is 0.486. The summed E-state index contributed by atoms with van der Waals surface area (Å²) in [6, 6.07) is 87.8. The van der Waals surface area contributed by atoms with E-state index < -0.39 is 5.41 Å². The van der Waals surface area contributed by atoms with E-state index in [2.05, 4.69) is 231 Å². The molecule has 2 aliphatic rings. The summed E-state index contributed by atoms with van der Waals surface area (Å²) >= 11 is 3.78. The molecular weight excluding hydrogens is 869 g/mol. The molecule has 0 nitrogen and oxygen atoms in total. The van der Waals surface area contributed by atoms with Crippen LogP contribution in [0.3, 0.4) is 0 Å². The Morgan fingerprint density at radius 1 is 0.232 bits per heavy atom. The summed E-state index contributed by atoms with van der Waals surface area (Å²) in [7, 11) is 0. The molecule has 2 heterocycles. The van der Waals surface area contributed by atoms with Crippen LogP contribution in [0.15, 0.2) is 231 Å². The van der Waals surface area contributed by atoms with Gasteiger partial charge in [0.05, 0.1) is 5.41 Å². The molecule has 318 valence electrons. The summed E-state index contributed by atoms with van der Waals surface area (Å²) in [5, 5.41) is 12.9. The van der Waals surface area contributed by atoms with Crippen molar-refractivity contribution in [2.75, 3.05) is 0 Å². The van der Waals surface area contributed by atoms with Gasteiger partial charge in [-0.3, -0.25) is 0 Å². The molecule has 2 aromatic heterocycles. The van der Waals surface area contributed by atoms with Gasteiger partial charge in [0, 0.05) is 40.3 Å². The zero-order chi connectivity index (χ0) is 45.0. The average molecular weight is 907 g/mol. The highest BCUT2D eigenvalue weighted by Gasteiger charge is 2.52. The molecule has 12 aromatic carbocycles. The SMILES string of the molecule is c1ccc2c(c1)-c1ccccc1C21c2cccc(-c3c4cccc(-c5cccc6sc7ccccc7c56)c4cc4c(-c5cccc6sc7ccccc7c56)cccc34)c2-c2c1ccc1ccccc21. The van der Waals surface area contributed by atoms with Crippen LogP contribution >= 0.6 is 22.7 Å². The van der Waals surface area contributed by atoms with E-state index in [1.54, 1.807) is 0 Å². The fraction of sp³-hybridized carbons (Fsp3) is 0.0149. The van der Waals surface area contributed by atoms with Gasteiger partial charge in [-0.2, -0.15) is 0 Å². The van der Waals surface area contributed by atoms with Crippen LogP contribution in [0, 0.1) is 0 Å². The van der Waals surface area contributed by atoms with Crippen LogP contribution in [-0.4, -0.2) is 0 Å². The van der Waals surface area contributed by atoms with Crippen LogP contribution in [0.2, 0.25) is 0 Å². The largest absolute Gasteiger partial charge is 0.135 e. The molecule has 0 fully saturated rings. The maximum absolute atomic E-state index is 2.54. The minimum atomic E-state index is -0.486. The van der Waals surface area contributed by atoms with Gasteiger partial charge in [0.2, 0.25) is 0 Å². The van der Waals surface area contributed by atoms with Crippen molar-refractivity contribution in [3.8, 4) is 55.6 Å². The third-order valence-electron chi connectivity index (χ3n) is 15.7. The van der Waals surface area contributed by atoms with E-state index in [1.807, 2.05) is 22.7 Å². The van der Waals surface area contributed by atoms with Gasteiger partial charge < -0.3 is 0 Å². The summed E-state index contributed by atoms with van der Waals surface area (Å²) < 4.78 is 5.27. The van der Waals surface area contributed by atoms with Crippen molar-refractivity contribution in [2.45, 2.75) is 5.41 Å². The molecule has 1 spiro atoms. The molecule has 2 aliphatic carbocycles. The fourth-order valence-electron chi connectivity index (χ4n) is 13.1. The summed E-state index contributed by atoms with van der Waals surface area (Å²) in [6.45, 7) is 0. The first-order valence-electron chi connectivity index (χ1n) is 23.9. The van der Waals surface area contributed by atoms with E-state index in [-0.39, 0.29) is 0 Å². The Balaban J connectivity index is 1.09. The monoisotopic (exact) mass is 906 g/mol. The fourth-order valence-corrected chi connectivity index (χ4v) is 15.3. The Hall–Kier alpha value is -8.14. The third kappa shape index (κ3) is 4.92. The van der Waals surface area contributed by atoms with Gasteiger partial charge in [-0.15, -0.1) is 22.7 Å². The zero-order valence-electron chi connectivity index (χ0n) is 37.3. The Morgan fingerprint density at radius 3 is 1.28 bits per heavy atom. The highest BCUT2D eigenvalue weighted by atomic mass is 32.1. The molecule has 0 amide bonds. The predicted octanol–water partition coefficient (Wildman–Crippen LogP) is 19.2. The van der Waals surface area contributed by atoms with Gasteiger partial charge in [0.1, 0.15) is 0 Å². The second-order valence-corrected chi connectivity index (χ2v) is 21.1. The van der Waals surface area contributed by atoms with Crippen molar-refractivity contribution < 1.29 is 0 Å². The zero-order valence-corrected chi connectivity index (χ0v) is 38.9. The van der Waals surface area contributed by atoms with Gasteiger partial charge in [-0.05, 0) is 141 Å². The lowest BCUT2D eigenvalue weighted by atomic mass is 9.70. The highest BCUT2D eigenvalue weighted by Crippen LogP contribution is 2.65. The molecule has 2 heteroatoms. The highest BCUT2D eigenvalue weighted by molar-refractivity contribution is 7.26. The first-order chi connectivity index (χ1) is 34.3. The van der Waals surface area contributed by atoms with Crippen LogP contribution in [0.5, 0.6) is 0 Å². The van der Waals surface area contributed by atoms with Crippen LogP contribution < -0.4 is 0 Å². The van der Waals surface area contributed by atoms with Crippen LogP contribution in [0.25, 0.3) is 128 Å². The molecule has 0 saturated heterocycles. The van der Waals surface area contributed by atoms with Crippen molar-refractivity contribution in [2.24, 2.45) is 0 Å². The number of hydrogen-bond acceptors (Lipinski definition) is 2. The van der Waals surface area contributed by atoms with Gasteiger partial charge in [0.15, 0.2) is 0 Å². The van der Waals surface area contributed by atoms with Gasteiger partial charge in [0.25, 0.3) is 0 Å². The Labute approximate surface area is 406 Å². The average Bonchev–Trinajstić information content (AvgIpc) is 4.16. The number of hydrogen-bond donors (Lipinski definition) is 0. The van der Waals surface area contributed by atoms with Crippen molar-refractivity contribution >= 4 is 95.3 Å². The molecule has 14 aromatic rings. The Morgan fingerprint density at radius 2 is 0.652 bits per heavy atom. The lowest BCUT2D eigenvalue weighted by Gasteiger charge is -2.30. The predicted molar refractivity (Wildman–Crippen MR) is 297 cm³/mol.